The fourth-order valence-electron chi connectivity index (χ4n) is 6.45. The Labute approximate surface area is 229 Å². The van der Waals surface area contributed by atoms with Crippen LogP contribution in [0.15, 0.2) is 49.1 Å². The van der Waals surface area contributed by atoms with E-state index in [0.29, 0.717) is 37.7 Å². The Morgan fingerprint density at radius 3 is 2.74 bits per heavy atom. The fraction of sp³-hybridized carbons (Fsp3) is 0.452. The zero-order chi connectivity index (χ0) is 26.9. The summed E-state index contributed by atoms with van der Waals surface area (Å²) in [6.45, 7) is 8.08. The lowest BCUT2D eigenvalue weighted by Crippen LogP contribution is -2.49. The largest absolute Gasteiger partial charge is 0.508 e. The first-order valence-electron chi connectivity index (χ1n) is 14.1. The molecule has 0 spiro atoms. The van der Waals surface area contributed by atoms with Crippen molar-refractivity contribution in [2.24, 2.45) is 0 Å². The van der Waals surface area contributed by atoms with Crippen molar-refractivity contribution in [2.75, 3.05) is 51.3 Å². The summed E-state index contributed by atoms with van der Waals surface area (Å²) >= 11 is 0. The number of carbonyl (C=O) groups excluding carboxylic acids is 1. The zero-order valence-electron chi connectivity index (χ0n) is 22.7. The van der Waals surface area contributed by atoms with Crippen LogP contribution in [0, 0.1) is 0 Å². The van der Waals surface area contributed by atoms with E-state index in [1.54, 1.807) is 6.07 Å². The van der Waals surface area contributed by atoms with Crippen molar-refractivity contribution < 1.29 is 14.6 Å². The number of hydrogen-bond acceptors (Lipinski definition) is 7. The number of likely N-dealkylation sites (N-methyl/N-ethyl adjacent to an activating group) is 1. The average molecular weight is 528 g/mol. The molecular weight excluding hydrogens is 490 g/mol. The van der Waals surface area contributed by atoms with E-state index in [1.165, 1.54) is 29.0 Å². The van der Waals surface area contributed by atoms with Crippen LogP contribution in [0.1, 0.15) is 42.0 Å². The highest BCUT2D eigenvalue weighted by molar-refractivity contribution is 5.88. The molecule has 1 amide bonds. The van der Waals surface area contributed by atoms with Gasteiger partial charge in [-0.1, -0.05) is 30.8 Å². The zero-order valence-corrected chi connectivity index (χ0v) is 22.7. The third-order valence-corrected chi connectivity index (χ3v) is 8.71. The van der Waals surface area contributed by atoms with Crippen molar-refractivity contribution >= 4 is 22.5 Å². The minimum atomic E-state index is -0.0182. The number of amides is 1. The van der Waals surface area contributed by atoms with Crippen LogP contribution in [-0.4, -0.2) is 83.2 Å². The molecule has 204 valence electrons. The number of piperazine rings is 1. The number of phenolic OH excluding ortho intramolecular Hbond substituents is 1. The molecule has 3 aromatic rings. The van der Waals surface area contributed by atoms with Crippen molar-refractivity contribution in [2.45, 2.75) is 44.1 Å². The SMILES string of the molecule is C=CC(=O)N1CCN(c2nc(OC[C@@H]3CCCN3C)nc3c2CCC(c2cccc4cc(O)ccc24)C3)CC1. The van der Waals surface area contributed by atoms with Gasteiger partial charge in [0.2, 0.25) is 5.91 Å². The summed E-state index contributed by atoms with van der Waals surface area (Å²) < 4.78 is 6.26. The molecule has 2 aliphatic heterocycles. The summed E-state index contributed by atoms with van der Waals surface area (Å²) in [6.07, 6.45) is 6.43. The van der Waals surface area contributed by atoms with E-state index < -0.39 is 0 Å². The topological polar surface area (TPSA) is 82.0 Å². The molecule has 1 aromatic heterocycles. The molecule has 1 N–H and O–H groups in total. The molecule has 39 heavy (non-hydrogen) atoms. The summed E-state index contributed by atoms with van der Waals surface area (Å²) in [5.74, 6) is 1.55. The number of anilines is 1. The van der Waals surface area contributed by atoms with E-state index in [1.807, 2.05) is 17.0 Å². The van der Waals surface area contributed by atoms with Gasteiger partial charge in [-0.15, -0.1) is 0 Å². The Hall–Kier alpha value is -3.65. The quantitative estimate of drug-likeness (QED) is 0.487. The molecule has 1 aliphatic carbocycles. The van der Waals surface area contributed by atoms with Gasteiger partial charge in [-0.2, -0.15) is 9.97 Å². The van der Waals surface area contributed by atoms with Gasteiger partial charge in [-0.25, -0.2) is 0 Å². The Bertz CT molecular complexity index is 1380. The molecule has 2 aromatic carbocycles. The maximum Gasteiger partial charge on any atom is 0.318 e. The van der Waals surface area contributed by atoms with E-state index >= 15 is 0 Å². The van der Waals surface area contributed by atoms with Crippen LogP contribution in [0.2, 0.25) is 0 Å². The number of aromatic hydroxyl groups is 1. The Morgan fingerprint density at radius 2 is 1.97 bits per heavy atom. The predicted molar refractivity (Wildman–Crippen MR) is 153 cm³/mol. The lowest BCUT2D eigenvalue weighted by molar-refractivity contribution is -0.126. The van der Waals surface area contributed by atoms with Crippen molar-refractivity contribution in [3.8, 4) is 11.8 Å². The maximum atomic E-state index is 12.1. The van der Waals surface area contributed by atoms with E-state index in [-0.39, 0.29) is 11.7 Å². The molecule has 1 unspecified atom stereocenters. The Morgan fingerprint density at radius 1 is 1.13 bits per heavy atom. The lowest BCUT2D eigenvalue weighted by atomic mass is 9.80. The number of aromatic nitrogens is 2. The summed E-state index contributed by atoms with van der Waals surface area (Å²) in [5, 5.41) is 12.2. The van der Waals surface area contributed by atoms with Crippen LogP contribution < -0.4 is 9.64 Å². The van der Waals surface area contributed by atoms with Gasteiger partial charge in [0.25, 0.3) is 0 Å². The van der Waals surface area contributed by atoms with E-state index in [9.17, 15) is 9.90 Å². The number of likely N-dealkylation sites (tertiary alicyclic amines) is 1. The normalized spacial score (nSPS) is 21.7. The molecule has 3 heterocycles. The van der Waals surface area contributed by atoms with Crippen LogP contribution in [0.25, 0.3) is 10.8 Å². The molecule has 0 radical (unpaired) electrons. The number of ether oxygens (including phenoxy) is 1. The highest BCUT2D eigenvalue weighted by Crippen LogP contribution is 2.39. The predicted octanol–water partition coefficient (Wildman–Crippen LogP) is 3.92. The molecular formula is C31H37N5O3. The number of rotatable bonds is 6. The van der Waals surface area contributed by atoms with Gasteiger partial charge >= 0.3 is 6.01 Å². The van der Waals surface area contributed by atoms with E-state index in [0.717, 1.165) is 62.2 Å². The molecule has 6 rings (SSSR count). The lowest BCUT2D eigenvalue weighted by Gasteiger charge is -2.37. The molecule has 2 saturated heterocycles. The maximum absolute atomic E-state index is 12.1. The second-order valence-corrected chi connectivity index (χ2v) is 11.1. The smallest absolute Gasteiger partial charge is 0.318 e. The van der Waals surface area contributed by atoms with Crippen LogP contribution in [-0.2, 0) is 17.6 Å². The second-order valence-electron chi connectivity index (χ2n) is 11.1. The summed E-state index contributed by atoms with van der Waals surface area (Å²) in [6, 6.07) is 12.8. The Balaban J connectivity index is 1.30. The minimum Gasteiger partial charge on any atom is -0.508 e. The minimum absolute atomic E-state index is 0.0182. The van der Waals surface area contributed by atoms with E-state index in [4.69, 9.17) is 14.7 Å². The highest BCUT2D eigenvalue weighted by atomic mass is 16.5. The van der Waals surface area contributed by atoms with Gasteiger partial charge in [-0.3, -0.25) is 4.79 Å². The molecule has 8 nitrogen and oxygen atoms in total. The second kappa shape index (κ2) is 10.8. The highest BCUT2D eigenvalue weighted by Gasteiger charge is 2.31. The number of nitrogens with zero attached hydrogens (tertiary/aromatic N) is 5. The first kappa shape index (κ1) is 25.6. The van der Waals surface area contributed by atoms with Crippen molar-refractivity contribution in [1.82, 2.24) is 19.8 Å². The van der Waals surface area contributed by atoms with Gasteiger partial charge < -0.3 is 24.5 Å². The standard InChI is InChI=1S/C31H37N5O3/c1-3-29(38)35-14-16-36(17-15-35)30-27-11-9-22(25-8-4-6-21-18-24(37)10-12-26(21)25)19-28(27)32-31(33-30)39-20-23-7-5-13-34(23)2/h3-4,6,8,10,12,18,22-23,37H,1,5,7,9,11,13-17,19-20H2,2H3/t22?,23-/m0/s1. The monoisotopic (exact) mass is 527 g/mol. The Kier molecular flexibility index (Phi) is 7.12. The molecule has 8 heteroatoms. The number of benzene rings is 2. The number of phenols is 1. The number of carbonyl (C=O) groups is 1. The van der Waals surface area contributed by atoms with Crippen molar-refractivity contribution in [1.29, 1.82) is 0 Å². The van der Waals surface area contributed by atoms with Crippen LogP contribution in [0.3, 0.4) is 0 Å². The summed E-state index contributed by atoms with van der Waals surface area (Å²) in [5.41, 5.74) is 3.56. The van der Waals surface area contributed by atoms with Crippen LogP contribution >= 0.6 is 0 Å². The molecule has 2 fully saturated rings. The van der Waals surface area contributed by atoms with Crippen LogP contribution in [0.5, 0.6) is 11.8 Å². The molecule has 2 atom stereocenters. The first-order valence-corrected chi connectivity index (χ1v) is 14.1. The average Bonchev–Trinajstić information content (AvgIpc) is 3.38. The van der Waals surface area contributed by atoms with Gasteiger partial charge in [0.1, 0.15) is 18.2 Å². The molecule has 3 aliphatic rings. The van der Waals surface area contributed by atoms with Gasteiger partial charge in [0, 0.05) is 37.8 Å². The molecule has 0 saturated carbocycles. The third-order valence-electron chi connectivity index (χ3n) is 8.71. The number of fused-ring (bicyclic) bond motifs is 2. The fourth-order valence-corrected chi connectivity index (χ4v) is 6.45. The van der Waals surface area contributed by atoms with Gasteiger partial charge in [0.05, 0.1) is 5.69 Å². The van der Waals surface area contributed by atoms with Gasteiger partial charge in [-0.05, 0) is 86.2 Å². The van der Waals surface area contributed by atoms with Gasteiger partial charge in [0.15, 0.2) is 0 Å². The van der Waals surface area contributed by atoms with Crippen molar-refractivity contribution in [3.05, 3.63) is 65.9 Å². The summed E-state index contributed by atoms with van der Waals surface area (Å²) in [7, 11) is 2.15. The number of hydrogen-bond donors (Lipinski definition) is 1. The first-order chi connectivity index (χ1) is 19.0. The van der Waals surface area contributed by atoms with E-state index in [2.05, 4.69) is 41.6 Å². The summed E-state index contributed by atoms with van der Waals surface area (Å²) in [4.78, 5) is 28.6. The van der Waals surface area contributed by atoms with Crippen LogP contribution in [0.4, 0.5) is 5.82 Å². The molecule has 0 bridgehead atoms. The third kappa shape index (κ3) is 5.17. The van der Waals surface area contributed by atoms with Crippen molar-refractivity contribution in [3.63, 3.8) is 0 Å².